The first-order valence-corrected chi connectivity index (χ1v) is 14.7. The number of sulfonamides is 1. The molecule has 1 N–H and O–H groups in total. The number of pyridine rings is 1. The summed E-state index contributed by atoms with van der Waals surface area (Å²) in [4.78, 5) is 17.9. The lowest BCUT2D eigenvalue weighted by Gasteiger charge is -2.32. The zero-order chi connectivity index (χ0) is 27.4. The van der Waals surface area contributed by atoms with E-state index in [1.54, 1.807) is 18.6 Å². The summed E-state index contributed by atoms with van der Waals surface area (Å²) in [6.45, 7) is 6.98. The van der Waals surface area contributed by atoms with Crippen molar-refractivity contribution in [2.45, 2.75) is 13.5 Å². The molecule has 0 atom stereocenters. The fraction of sp³-hybridized carbons (Fsp3) is 0.276. The molecule has 1 aliphatic rings. The number of nitrogens with one attached hydrogen (secondary N) is 1. The maximum Gasteiger partial charge on any atom is 0.236 e. The largest absolute Gasteiger partial charge is 0.324 e. The maximum atomic E-state index is 13.0. The summed E-state index contributed by atoms with van der Waals surface area (Å²) in [5.41, 5.74) is 5.55. The van der Waals surface area contributed by atoms with E-state index in [0.29, 0.717) is 17.3 Å². The maximum absolute atomic E-state index is 13.0. The molecule has 5 rings (SSSR count). The van der Waals surface area contributed by atoms with Gasteiger partial charge in [0, 0.05) is 62.6 Å². The quantitative estimate of drug-likeness (QED) is 0.349. The van der Waals surface area contributed by atoms with Gasteiger partial charge in [-0.2, -0.15) is 0 Å². The van der Waals surface area contributed by atoms with Crippen molar-refractivity contribution in [1.82, 2.24) is 24.8 Å². The lowest BCUT2D eigenvalue weighted by Crippen LogP contribution is -2.43. The molecule has 0 spiro atoms. The minimum Gasteiger partial charge on any atom is -0.324 e. The lowest BCUT2D eigenvalue weighted by atomic mass is 10.1. The summed E-state index contributed by atoms with van der Waals surface area (Å²) in [5.74, 6) is 0.413. The summed E-state index contributed by atoms with van der Waals surface area (Å²) in [6, 6.07) is 18.9. The van der Waals surface area contributed by atoms with Crippen LogP contribution in [0.3, 0.4) is 0 Å². The normalized spacial score (nSPS) is 14.7. The predicted octanol–water partition coefficient (Wildman–Crippen LogP) is 4.44. The standard InChI is InChI=1S/C29H33N7O2S/c1-22-6-9-26(19-28(22)33-29-31-14-12-27(32-29)24-5-4-13-30-20-24)36(39(3,37)38)25-10-7-23(8-11-25)21-35-17-15-34(2)16-18-35/h4-14,19-20H,15-18,21H2,1-3H3,(H,31,32,33). The van der Waals surface area contributed by atoms with E-state index in [2.05, 4.69) is 37.1 Å². The molecule has 10 heteroatoms. The molecule has 0 unspecified atom stereocenters. The highest BCUT2D eigenvalue weighted by Crippen LogP contribution is 2.33. The highest BCUT2D eigenvalue weighted by molar-refractivity contribution is 7.92. The Kier molecular flexibility index (Phi) is 7.87. The lowest BCUT2D eigenvalue weighted by molar-refractivity contribution is 0.148. The third kappa shape index (κ3) is 6.59. The van der Waals surface area contributed by atoms with Crippen molar-refractivity contribution in [3.05, 3.63) is 90.4 Å². The van der Waals surface area contributed by atoms with Gasteiger partial charge in [-0.3, -0.25) is 9.88 Å². The van der Waals surface area contributed by atoms with Gasteiger partial charge in [-0.25, -0.2) is 22.7 Å². The zero-order valence-corrected chi connectivity index (χ0v) is 23.3. The van der Waals surface area contributed by atoms with Crippen LogP contribution in [0.1, 0.15) is 11.1 Å². The number of aromatic nitrogens is 3. The van der Waals surface area contributed by atoms with Gasteiger partial charge in [-0.1, -0.05) is 18.2 Å². The van der Waals surface area contributed by atoms with Gasteiger partial charge in [0.2, 0.25) is 16.0 Å². The summed E-state index contributed by atoms with van der Waals surface area (Å²) in [7, 11) is -1.47. The molecule has 2 aromatic carbocycles. The van der Waals surface area contributed by atoms with Crippen molar-refractivity contribution in [1.29, 1.82) is 0 Å². The Hall–Kier alpha value is -3.86. The first-order valence-electron chi connectivity index (χ1n) is 12.9. The van der Waals surface area contributed by atoms with Gasteiger partial charge in [0.25, 0.3) is 0 Å². The zero-order valence-electron chi connectivity index (χ0n) is 22.4. The van der Waals surface area contributed by atoms with Crippen molar-refractivity contribution >= 4 is 33.0 Å². The van der Waals surface area contributed by atoms with Gasteiger partial charge < -0.3 is 10.2 Å². The minimum absolute atomic E-state index is 0.413. The molecule has 1 aliphatic heterocycles. The fourth-order valence-corrected chi connectivity index (χ4v) is 5.62. The average molecular weight is 544 g/mol. The van der Waals surface area contributed by atoms with E-state index in [0.717, 1.165) is 60.8 Å². The van der Waals surface area contributed by atoms with Gasteiger partial charge in [-0.15, -0.1) is 0 Å². The molecule has 0 radical (unpaired) electrons. The molecule has 202 valence electrons. The molecular weight excluding hydrogens is 510 g/mol. The smallest absolute Gasteiger partial charge is 0.236 e. The Morgan fingerprint density at radius 3 is 2.38 bits per heavy atom. The molecule has 2 aromatic heterocycles. The first-order chi connectivity index (χ1) is 18.8. The first kappa shape index (κ1) is 26.7. The molecule has 0 saturated carbocycles. The van der Waals surface area contributed by atoms with E-state index in [4.69, 9.17) is 0 Å². The third-order valence-electron chi connectivity index (χ3n) is 6.82. The van der Waals surface area contributed by atoms with E-state index < -0.39 is 10.0 Å². The van der Waals surface area contributed by atoms with E-state index >= 15 is 0 Å². The number of hydrogen-bond acceptors (Lipinski definition) is 8. The van der Waals surface area contributed by atoms with Crippen LogP contribution < -0.4 is 9.62 Å². The van der Waals surface area contributed by atoms with E-state index in [9.17, 15) is 8.42 Å². The number of likely N-dealkylation sites (N-methyl/N-ethyl adjacent to an activating group) is 1. The van der Waals surface area contributed by atoms with Crippen LogP contribution in [0.4, 0.5) is 23.0 Å². The molecular formula is C29H33N7O2S. The molecule has 0 bridgehead atoms. The Morgan fingerprint density at radius 2 is 1.69 bits per heavy atom. The number of hydrogen-bond donors (Lipinski definition) is 1. The summed E-state index contributed by atoms with van der Waals surface area (Å²) >= 11 is 0. The van der Waals surface area contributed by atoms with Crippen LogP contribution in [-0.2, 0) is 16.6 Å². The third-order valence-corrected chi connectivity index (χ3v) is 7.90. The van der Waals surface area contributed by atoms with Crippen molar-refractivity contribution in [3.8, 4) is 11.3 Å². The highest BCUT2D eigenvalue weighted by atomic mass is 32.2. The fourth-order valence-electron chi connectivity index (χ4n) is 4.62. The molecule has 1 saturated heterocycles. The van der Waals surface area contributed by atoms with E-state index in [1.165, 1.54) is 10.6 Å². The van der Waals surface area contributed by atoms with Crippen LogP contribution in [0.15, 0.2) is 79.3 Å². The van der Waals surface area contributed by atoms with Crippen LogP contribution in [0.25, 0.3) is 11.3 Å². The van der Waals surface area contributed by atoms with Crippen molar-refractivity contribution in [2.24, 2.45) is 0 Å². The van der Waals surface area contributed by atoms with Crippen LogP contribution in [0, 0.1) is 6.92 Å². The van der Waals surface area contributed by atoms with Crippen LogP contribution >= 0.6 is 0 Å². The highest BCUT2D eigenvalue weighted by Gasteiger charge is 2.21. The molecule has 1 fully saturated rings. The molecule has 9 nitrogen and oxygen atoms in total. The van der Waals surface area contributed by atoms with Gasteiger partial charge in [0.1, 0.15) is 0 Å². The number of aryl methyl sites for hydroxylation is 1. The van der Waals surface area contributed by atoms with Crippen molar-refractivity contribution < 1.29 is 8.42 Å². The van der Waals surface area contributed by atoms with Crippen LogP contribution in [0.5, 0.6) is 0 Å². The van der Waals surface area contributed by atoms with Gasteiger partial charge >= 0.3 is 0 Å². The average Bonchev–Trinajstić information content (AvgIpc) is 2.93. The Balaban J connectivity index is 1.39. The number of benzene rings is 2. The number of nitrogens with zero attached hydrogens (tertiary/aromatic N) is 6. The second-order valence-corrected chi connectivity index (χ2v) is 11.7. The van der Waals surface area contributed by atoms with E-state index in [-0.39, 0.29) is 0 Å². The Bertz CT molecular complexity index is 1520. The predicted molar refractivity (Wildman–Crippen MR) is 156 cm³/mol. The van der Waals surface area contributed by atoms with Crippen molar-refractivity contribution in [2.75, 3.05) is 49.1 Å². The molecule has 0 aliphatic carbocycles. The van der Waals surface area contributed by atoms with Crippen molar-refractivity contribution in [3.63, 3.8) is 0 Å². The molecule has 3 heterocycles. The number of anilines is 4. The minimum atomic E-state index is -3.61. The monoisotopic (exact) mass is 543 g/mol. The number of rotatable bonds is 8. The molecule has 4 aromatic rings. The second-order valence-electron chi connectivity index (χ2n) is 9.90. The molecule has 39 heavy (non-hydrogen) atoms. The van der Waals surface area contributed by atoms with Gasteiger partial charge in [0.15, 0.2) is 0 Å². The summed E-state index contributed by atoms with van der Waals surface area (Å²) in [5, 5.41) is 3.27. The summed E-state index contributed by atoms with van der Waals surface area (Å²) < 4.78 is 27.3. The van der Waals surface area contributed by atoms with Crippen LogP contribution in [-0.4, -0.2) is 72.7 Å². The topological polar surface area (TPSA) is 94.6 Å². The van der Waals surface area contributed by atoms with Crippen LogP contribution in [0.2, 0.25) is 0 Å². The Morgan fingerprint density at radius 1 is 0.949 bits per heavy atom. The van der Waals surface area contributed by atoms with E-state index in [1.807, 2.05) is 67.6 Å². The molecule has 0 amide bonds. The SMILES string of the molecule is Cc1ccc(N(c2ccc(CN3CCN(C)CC3)cc2)S(C)(=O)=O)cc1Nc1nccc(-c2cccnc2)n1. The van der Waals surface area contributed by atoms with Gasteiger partial charge in [0.05, 0.1) is 23.3 Å². The Labute approximate surface area is 230 Å². The van der Waals surface area contributed by atoms with Gasteiger partial charge in [-0.05, 0) is 67.6 Å². The second kappa shape index (κ2) is 11.5. The number of piperazine rings is 1. The summed E-state index contributed by atoms with van der Waals surface area (Å²) in [6.07, 6.45) is 6.37.